The Balaban J connectivity index is 1.40. The number of fused-ring (bicyclic) bond motifs is 1. The first-order chi connectivity index (χ1) is 20.2. The number of hydrogen-bond donors (Lipinski definition) is 0. The standard InChI is InChI=1S/C31H29F5N4O2/c32-22-5-9-23(10-6-22)38-15-17-39(18-16-38)29-26(33)19-25-27(41)11-14-40(28(25)30(29)42-31(34,35)36)24-7-3-21(4-8-24)20-37-12-1-2-13-37/h3-11,14,19H,1-2,12-13,15-18,20H2. The molecule has 220 valence electrons. The van der Waals surface area contributed by atoms with E-state index in [0.717, 1.165) is 49.8 Å². The monoisotopic (exact) mass is 584 g/mol. The summed E-state index contributed by atoms with van der Waals surface area (Å²) < 4.78 is 76.6. The number of piperazine rings is 1. The molecule has 11 heteroatoms. The summed E-state index contributed by atoms with van der Waals surface area (Å²) in [6.45, 7) is 3.89. The van der Waals surface area contributed by atoms with Crippen LogP contribution in [0.25, 0.3) is 16.6 Å². The first-order valence-corrected chi connectivity index (χ1v) is 13.9. The van der Waals surface area contributed by atoms with E-state index >= 15 is 4.39 Å². The van der Waals surface area contributed by atoms with E-state index in [2.05, 4.69) is 9.64 Å². The van der Waals surface area contributed by atoms with Crippen LogP contribution in [-0.4, -0.2) is 55.1 Å². The van der Waals surface area contributed by atoms with Crippen LogP contribution in [0.15, 0.2) is 71.7 Å². The molecule has 0 atom stereocenters. The minimum Gasteiger partial charge on any atom is -0.401 e. The second-order valence-electron chi connectivity index (χ2n) is 10.6. The van der Waals surface area contributed by atoms with E-state index in [9.17, 15) is 22.4 Å². The maximum Gasteiger partial charge on any atom is 0.573 e. The number of ether oxygens (including phenoxy) is 1. The molecule has 0 radical (unpaired) electrons. The third-order valence-electron chi connectivity index (χ3n) is 7.89. The minimum absolute atomic E-state index is 0.163. The lowest BCUT2D eigenvalue weighted by Gasteiger charge is -2.38. The molecular formula is C31H29F5N4O2. The van der Waals surface area contributed by atoms with Crippen LogP contribution in [0.1, 0.15) is 18.4 Å². The van der Waals surface area contributed by atoms with Crippen molar-refractivity contribution in [3.63, 3.8) is 0 Å². The lowest BCUT2D eigenvalue weighted by atomic mass is 10.1. The molecule has 0 amide bonds. The number of aromatic nitrogens is 1. The Morgan fingerprint density at radius 2 is 1.38 bits per heavy atom. The zero-order chi connectivity index (χ0) is 29.4. The van der Waals surface area contributed by atoms with Crippen molar-refractivity contribution in [2.75, 3.05) is 49.1 Å². The normalized spacial score (nSPS) is 16.4. The van der Waals surface area contributed by atoms with E-state index in [1.165, 1.54) is 33.9 Å². The van der Waals surface area contributed by atoms with Crippen molar-refractivity contribution in [2.24, 2.45) is 0 Å². The molecule has 2 aliphatic rings. The lowest BCUT2D eigenvalue weighted by Crippen LogP contribution is -2.47. The van der Waals surface area contributed by atoms with Crippen molar-refractivity contribution in [2.45, 2.75) is 25.7 Å². The molecule has 6 nitrogen and oxygen atoms in total. The molecule has 0 aliphatic carbocycles. The van der Waals surface area contributed by atoms with Gasteiger partial charge in [-0.2, -0.15) is 0 Å². The number of benzene rings is 3. The summed E-state index contributed by atoms with van der Waals surface area (Å²) in [6, 6.07) is 15.5. The minimum atomic E-state index is -5.14. The molecule has 6 rings (SSSR count). The topological polar surface area (TPSA) is 41.0 Å². The van der Waals surface area contributed by atoms with Gasteiger partial charge in [-0.3, -0.25) is 9.69 Å². The fourth-order valence-electron chi connectivity index (χ4n) is 5.86. The summed E-state index contributed by atoms with van der Waals surface area (Å²) >= 11 is 0. The van der Waals surface area contributed by atoms with Crippen LogP contribution >= 0.6 is 0 Å². The molecule has 2 saturated heterocycles. The van der Waals surface area contributed by atoms with E-state index in [1.807, 2.05) is 17.0 Å². The van der Waals surface area contributed by atoms with Crippen molar-refractivity contribution in [1.82, 2.24) is 9.47 Å². The van der Waals surface area contributed by atoms with Gasteiger partial charge >= 0.3 is 6.36 Å². The average molecular weight is 585 g/mol. The van der Waals surface area contributed by atoms with Crippen LogP contribution in [0.2, 0.25) is 0 Å². The smallest absolute Gasteiger partial charge is 0.401 e. The highest BCUT2D eigenvalue weighted by molar-refractivity contribution is 5.92. The molecule has 1 aromatic heterocycles. The number of alkyl halides is 3. The summed E-state index contributed by atoms with van der Waals surface area (Å²) in [5.74, 6) is -2.11. The maximum atomic E-state index is 15.7. The van der Waals surface area contributed by atoms with Gasteiger partial charge in [0.15, 0.2) is 17.0 Å². The van der Waals surface area contributed by atoms with Gasteiger partial charge in [0, 0.05) is 56.4 Å². The van der Waals surface area contributed by atoms with Crippen molar-refractivity contribution >= 4 is 22.3 Å². The average Bonchev–Trinajstić information content (AvgIpc) is 3.47. The highest BCUT2D eigenvalue weighted by atomic mass is 19.4. The van der Waals surface area contributed by atoms with Gasteiger partial charge in [-0.05, 0) is 74.0 Å². The number of anilines is 2. The van der Waals surface area contributed by atoms with Gasteiger partial charge in [-0.1, -0.05) is 12.1 Å². The van der Waals surface area contributed by atoms with Gasteiger partial charge in [0.1, 0.15) is 17.0 Å². The summed E-state index contributed by atoms with van der Waals surface area (Å²) in [4.78, 5) is 18.6. The van der Waals surface area contributed by atoms with E-state index in [4.69, 9.17) is 0 Å². The number of likely N-dealkylation sites (tertiary alicyclic amines) is 1. The van der Waals surface area contributed by atoms with Gasteiger partial charge in [0.25, 0.3) is 0 Å². The Morgan fingerprint density at radius 3 is 2.02 bits per heavy atom. The largest absolute Gasteiger partial charge is 0.573 e. The molecular weight excluding hydrogens is 555 g/mol. The number of pyridine rings is 1. The first kappa shape index (κ1) is 28.0. The van der Waals surface area contributed by atoms with Crippen LogP contribution in [0, 0.1) is 11.6 Å². The first-order valence-electron chi connectivity index (χ1n) is 13.9. The molecule has 0 bridgehead atoms. The van der Waals surface area contributed by atoms with E-state index < -0.39 is 23.4 Å². The van der Waals surface area contributed by atoms with Crippen LogP contribution < -0.4 is 20.0 Å². The highest BCUT2D eigenvalue weighted by Crippen LogP contribution is 2.42. The third-order valence-corrected chi connectivity index (χ3v) is 7.89. The molecule has 0 N–H and O–H groups in total. The molecule has 3 aromatic carbocycles. The predicted octanol–water partition coefficient (Wildman–Crippen LogP) is 6.09. The van der Waals surface area contributed by atoms with Gasteiger partial charge in [-0.25, -0.2) is 8.78 Å². The Hall–Kier alpha value is -4.12. The number of rotatable bonds is 6. The summed E-state index contributed by atoms with van der Waals surface area (Å²) in [5.41, 5.74) is 1.18. The fraction of sp³-hybridized carbons (Fsp3) is 0.323. The quantitative estimate of drug-likeness (QED) is 0.257. The van der Waals surface area contributed by atoms with E-state index in [1.54, 1.807) is 24.3 Å². The van der Waals surface area contributed by atoms with Gasteiger partial charge < -0.3 is 19.1 Å². The van der Waals surface area contributed by atoms with Crippen molar-refractivity contribution in [1.29, 1.82) is 0 Å². The highest BCUT2D eigenvalue weighted by Gasteiger charge is 2.37. The van der Waals surface area contributed by atoms with Crippen molar-refractivity contribution in [3.8, 4) is 11.4 Å². The van der Waals surface area contributed by atoms with Gasteiger partial charge in [0.05, 0.1) is 5.39 Å². The Morgan fingerprint density at radius 1 is 0.762 bits per heavy atom. The number of halogens is 5. The third kappa shape index (κ3) is 5.78. The molecule has 0 spiro atoms. The molecule has 3 heterocycles. The zero-order valence-electron chi connectivity index (χ0n) is 22.7. The second-order valence-corrected chi connectivity index (χ2v) is 10.6. The second kappa shape index (κ2) is 11.3. The van der Waals surface area contributed by atoms with Crippen molar-refractivity contribution < 1.29 is 26.7 Å². The zero-order valence-corrected chi connectivity index (χ0v) is 22.7. The molecule has 4 aromatic rings. The molecule has 42 heavy (non-hydrogen) atoms. The summed E-state index contributed by atoms with van der Waals surface area (Å²) in [7, 11) is 0. The van der Waals surface area contributed by atoms with Crippen LogP contribution in [-0.2, 0) is 6.54 Å². The van der Waals surface area contributed by atoms with Crippen LogP contribution in [0.4, 0.5) is 33.3 Å². The van der Waals surface area contributed by atoms with E-state index in [0.29, 0.717) is 18.8 Å². The molecule has 0 unspecified atom stereocenters. The Bertz CT molecular complexity index is 1620. The molecule has 2 aliphatic heterocycles. The van der Waals surface area contributed by atoms with Crippen LogP contribution in [0.5, 0.6) is 5.75 Å². The Labute approximate surface area is 239 Å². The van der Waals surface area contributed by atoms with E-state index in [-0.39, 0.29) is 35.5 Å². The Kier molecular flexibility index (Phi) is 7.53. The van der Waals surface area contributed by atoms with Crippen molar-refractivity contribution in [3.05, 3.63) is 94.3 Å². The predicted molar refractivity (Wildman–Crippen MR) is 152 cm³/mol. The summed E-state index contributed by atoms with van der Waals surface area (Å²) in [6.07, 6.45) is -1.44. The fourth-order valence-corrected chi connectivity index (χ4v) is 5.86. The van der Waals surface area contributed by atoms with Crippen LogP contribution in [0.3, 0.4) is 0 Å². The lowest BCUT2D eigenvalue weighted by molar-refractivity contribution is -0.274. The van der Waals surface area contributed by atoms with Gasteiger partial charge in [-0.15, -0.1) is 13.2 Å². The van der Waals surface area contributed by atoms with Gasteiger partial charge in [0.2, 0.25) is 0 Å². The maximum absolute atomic E-state index is 15.7. The number of hydrogen-bond acceptors (Lipinski definition) is 5. The molecule has 0 saturated carbocycles. The SMILES string of the molecule is O=c1ccn(-c2ccc(CN3CCCC3)cc2)c2c(OC(F)(F)F)c(N3CCN(c4ccc(F)cc4)CC3)c(F)cc12. The molecule has 2 fully saturated rings. The summed E-state index contributed by atoms with van der Waals surface area (Å²) in [5, 5.41) is -0.218. The number of nitrogens with zero attached hydrogens (tertiary/aromatic N) is 4.